The number of hydrogen-bond acceptors (Lipinski definition) is 6. The van der Waals surface area contributed by atoms with Crippen LogP contribution in [0.25, 0.3) is 0 Å². The van der Waals surface area contributed by atoms with Crippen LogP contribution in [0.4, 0.5) is 0 Å². The number of likely N-dealkylation sites (tertiary alicyclic amines) is 1. The van der Waals surface area contributed by atoms with Crippen LogP contribution in [0.15, 0.2) is 22.6 Å². The second-order valence-corrected chi connectivity index (χ2v) is 8.53. The number of piperidine rings is 1. The van der Waals surface area contributed by atoms with Crippen LogP contribution in [0, 0.1) is 5.92 Å². The highest BCUT2D eigenvalue weighted by molar-refractivity contribution is 7.89. The fourth-order valence-corrected chi connectivity index (χ4v) is 4.60. The summed E-state index contributed by atoms with van der Waals surface area (Å²) in [6.45, 7) is 2.27. The monoisotopic (exact) mass is 395 g/mol. The lowest BCUT2D eigenvalue weighted by atomic mass is 9.98. The van der Waals surface area contributed by atoms with Crippen LogP contribution in [0.5, 0.6) is 5.75 Å². The molecule has 0 unspecified atom stereocenters. The minimum Gasteiger partial charge on any atom is -0.492 e. The number of nitrogens with zero attached hydrogens (tertiary/aromatic N) is 2. The Balaban J connectivity index is 1.65. The van der Waals surface area contributed by atoms with E-state index in [0.717, 1.165) is 19.4 Å². The molecule has 0 saturated carbocycles. The standard InChI is InChI=1S/C18H25N3O5S/c1-25-9-7-16(22)21-8-3-4-13(10-21)11-26-15-6-2-5-14-12-27(23,24)20-18(19)17(14)15/h2,5-6,13H,3-4,7-12H2,1H3,(H2,19,20)/t13-/m0/s1. The molecule has 148 valence electrons. The number of amides is 1. The number of nitrogens with two attached hydrogens (primary N) is 1. The SMILES string of the molecule is COCCC(=O)N1CCC[C@H](COc2cccc3c2C(N)=NS(=O)(=O)C3)C1. The molecule has 2 N–H and O–H groups in total. The van der Waals surface area contributed by atoms with Gasteiger partial charge in [0.2, 0.25) is 5.91 Å². The van der Waals surface area contributed by atoms with E-state index in [9.17, 15) is 13.2 Å². The van der Waals surface area contributed by atoms with Crippen molar-refractivity contribution in [3.05, 3.63) is 29.3 Å². The Labute approximate surface area is 159 Å². The molecular weight excluding hydrogens is 370 g/mol. The normalized spacial score (nSPS) is 21.3. The highest BCUT2D eigenvalue weighted by atomic mass is 32.2. The van der Waals surface area contributed by atoms with Gasteiger partial charge in [-0.2, -0.15) is 0 Å². The van der Waals surface area contributed by atoms with Crippen molar-refractivity contribution >= 4 is 21.8 Å². The van der Waals surface area contributed by atoms with Gasteiger partial charge in [-0.15, -0.1) is 4.40 Å². The van der Waals surface area contributed by atoms with E-state index in [1.807, 2.05) is 4.90 Å². The van der Waals surface area contributed by atoms with Gasteiger partial charge in [-0.3, -0.25) is 4.79 Å². The molecule has 1 fully saturated rings. The third kappa shape index (κ3) is 4.78. The predicted molar refractivity (Wildman–Crippen MR) is 101 cm³/mol. The second kappa shape index (κ2) is 8.26. The van der Waals surface area contributed by atoms with Gasteiger partial charge in [0.15, 0.2) is 0 Å². The van der Waals surface area contributed by atoms with Crippen molar-refractivity contribution in [1.82, 2.24) is 4.90 Å². The van der Waals surface area contributed by atoms with Crippen LogP contribution < -0.4 is 10.5 Å². The lowest BCUT2D eigenvalue weighted by molar-refractivity contribution is -0.134. The van der Waals surface area contributed by atoms with Gasteiger partial charge in [-0.25, -0.2) is 8.42 Å². The first-order chi connectivity index (χ1) is 12.9. The Morgan fingerprint density at radius 1 is 1.41 bits per heavy atom. The molecule has 1 saturated heterocycles. The molecule has 1 aromatic rings. The van der Waals surface area contributed by atoms with Crippen molar-refractivity contribution in [2.45, 2.75) is 25.0 Å². The number of sulfonamides is 1. The van der Waals surface area contributed by atoms with Gasteiger partial charge in [-0.1, -0.05) is 12.1 Å². The van der Waals surface area contributed by atoms with Crippen LogP contribution in [0.2, 0.25) is 0 Å². The van der Waals surface area contributed by atoms with Crippen LogP contribution in [0.3, 0.4) is 0 Å². The number of carbonyl (C=O) groups excluding carboxylic acids is 1. The van der Waals surface area contributed by atoms with E-state index >= 15 is 0 Å². The number of benzene rings is 1. The van der Waals surface area contributed by atoms with Crippen molar-refractivity contribution in [1.29, 1.82) is 0 Å². The number of hydrogen-bond donors (Lipinski definition) is 1. The number of carbonyl (C=O) groups is 1. The topological polar surface area (TPSA) is 111 Å². The molecule has 1 atom stereocenters. The number of fused-ring (bicyclic) bond motifs is 1. The van der Waals surface area contributed by atoms with E-state index in [2.05, 4.69) is 4.40 Å². The Hall–Kier alpha value is -2.13. The van der Waals surface area contributed by atoms with Crippen molar-refractivity contribution in [2.75, 3.05) is 33.4 Å². The van der Waals surface area contributed by atoms with Crippen molar-refractivity contribution < 1.29 is 22.7 Å². The zero-order valence-electron chi connectivity index (χ0n) is 15.4. The van der Waals surface area contributed by atoms with E-state index in [4.69, 9.17) is 15.2 Å². The molecule has 0 aliphatic carbocycles. The summed E-state index contributed by atoms with van der Waals surface area (Å²) in [5.74, 6) is 0.635. The average Bonchev–Trinajstić information content (AvgIpc) is 2.63. The van der Waals surface area contributed by atoms with Crippen LogP contribution in [-0.4, -0.2) is 58.5 Å². The summed E-state index contributed by atoms with van der Waals surface area (Å²) < 4.78 is 38.1. The first-order valence-electron chi connectivity index (χ1n) is 8.99. The third-order valence-electron chi connectivity index (χ3n) is 4.81. The van der Waals surface area contributed by atoms with Crippen molar-refractivity contribution in [3.8, 4) is 5.75 Å². The minimum absolute atomic E-state index is 0.0353. The zero-order chi connectivity index (χ0) is 19.4. The molecule has 27 heavy (non-hydrogen) atoms. The molecule has 8 nitrogen and oxygen atoms in total. The number of amidine groups is 1. The van der Waals surface area contributed by atoms with E-state index in [-0.39, 0.29) is 23.4 Å². The number of methoxy groups -OCH3 is 1. The van der Waals surface area contributed by atoms with Crippen LogP contribution in [0.1, 0.15) is 30.4 Å². The molecule has 1 aromatic carbocycles. The first kappa shape index (κ1) is 19.6. The summed E-state index contributed by atoms with van der Waals surface area (Å²) in [5, 5.41) is 0. The summed E-state index contributed by atoms with van der Waals surface area (Å²) in [4.78, 5) is 14.0. The zero-order valence-corrected chi connectivity index (χ0v) is 16.2. The predicted octanol–water partition coefficient (Wildman–Crippen LogP) is 0.889. The van der Waals surface area contributed by atoms with Crippen molar-refractivity contribution in [3.63, 3.8) is 0 Å². The molecule has 2 aliphatic rings. The highest BCUT2D eigenvalue weighted by Gasteiger charge is 2.27. The molecular formula is C18H25N3O5S. The molecule has 0 aromatic heterocycles. The summed E-state index contributed by atoms with van der Waals surface area (Å²) >= 11 is 0. The minimum atomic E-state index is -3.57. The summed E-state index contributed by atoms with van der Waals surface area (Å²) in [7, 11) is -1.98. The van der Waals surface area contributed by atoms with Gasteiger partial charge in [0, 0.05) is 26.1 Å². The van der Waals surface area contributed by atoms with E-state index in [0.29, 0.717) is 43.1 Å². The fraction of sp³-hybridized carbons (Fsp3) is 0.556. The molecule has 0 spiro atoms. The number of ether oxygens (including phenoxy) is 2. The van der Waals surface area contributed by atoms with Gasteiger partial charge in [0.05, 0.1) is 31.0 Å². The average molecular weight is 395 g/mol. The van der Waals surface area contributed by atoms with Gasteiger partial charge in [0.25, 0.3) is 10.0 Å². The van der Waals surface area contributed by atoms with Crippen molar-refractivity contribution in [2.24, 2.45) is 16.0 Å². The molecule has 0 bridgehead atoms. The van der Waals surface area contributed by atoms with Gasteiger partial charge >= 0.3 is 0 Å². The Bertz CT molecular complexity index is 837. The van der Waals surface area contributed by atoms with Gasteiger partial charge in [-0.05, 0) is 24.5 Å². The number of rotatable bonds is 6. The van der Waals surface area contributed by atoms with Crippen LogP contribution in [-0.2, 0) is 25.3 Å². The Morgan fingerprint density at radius 2 is 2.22 bits per heavy atom. The molecule has 0 radical (unpaired) electrons. The van der Waals surface area contributed by atoms with Crippen LogP contribution >= 0.6 is 0 Å². The van der Waals surface area contributed by atoms with E-state index in [1.165, 1.54) is 0 Å². The van der Waals surface area contributed by atoms with Gasteiger partial charge in [0.1, 0.15) is 11.6 Å². The second-order valence-electron chi connectivity index (χ2n) is 6.89. The molecule has 1 amide bonds. The lowest BCUT2D eigenvalue weighted by Gasteiger charge is -2.33. The Morgan fingerprint density at radius 3 is 3.00 bits per heavy atom. The van der Waals surface area contributed by atoms with E-state index < -0.39 is 10.0 Å². The molecule has 9 heteroatoms. The maximum Gasteiger partial charge on any atom is 0.259 e. The lowest BCUT2D eigenvalue weighted by Crippen LogP contribution is -2.42. The molecule has 2 aliphatic heterocycles. The largest absolute Gasteiger partial charge is 0.492 e. The maximum atomic E-state index is 12.2. The van der Waals surface area contributed by atoms with E-state index in [1.54, 1.807) is 25.3 Å². The highest BCUT2D eigenvalue weighted by Crippen LogP contribution is 2.29. The smallest absolute Gasteiger partial charge is 0.259 e. The van der Waals surface area contributed by atoms with Gasteiger partial charge < -0.3 is 20.1 Å². The summed E-state index contributed by atoms with van der Waals surface area (Å²) in [5.41, 5.74) is 7.02. The Kier molecular flexibility index (Phi) is 6.01. The summed E-state index contributed by atoms with van der Waals surface area (Å²) in [6.07, 6.45) is 2.29. The maximum absolute atomic E-state index is 12.2. The molecule has 3 rings (SSSR count). The quantitative estimate of drug-likeness (QED) is 0.766. The first-order valence-corrected chi connectivity index (χ1v) is 10.6. The fourth-order valence-electron chi connectivity index (χ4n) is 3.51. The molecule has 2 heterocycles. The third-order valence-corrected chi connectivity index (χ3v) is 5.96. The summed E-state index contributed by atoms with van der Waals surface area (Å²) in [6, 6.07) is 5.24.